The number of halogens is 2. The van der Waals surface area contributed by atoms with Gasteiger partial charge in [0.05, 0.1) is 16.1 Å². The van der Waals surface area contributed by atoms with E-state index in [1.165, 1.54) is 0 Å². The number of carboxylic acid groups (broad SMARTS) is 1. The number of carbonyl (C=O) groups is 1. The highest BCUT2D eigenvalue weighted by atomic mass is 35.5. The number of benzene rings is 1. The van der Waals surface area contributed by atoms with Crippen molar-refractivity contribution in [2.24, 2.45) is 0 Å². The molecule has 4 aromatic rings. The number of aromatic nitrogens is 3. The van der Waals surface area contributed by atoms with E-state index in [4.69, 9.17) is 10.1 Å². The number of aryl methyl sites for hydroxylation is 1. The van der Waals surface area contributed by atoms with Crippen molar-refractivity contribution in [1.29, 1.82) is 0 Å². The van der Waals surface area contributed by atoms with Crippen molar-refractivity contribution in [2.45, 2.75) is 13.5 Å². The van der Waals surface area contributed by atoms with Crippen molar-refractivity contribution in [3.63, 3.8) is 0 Å². The molecule has 3 heterocycles. The van der Waals surface area contributed by atoms with Gasteiger partial charge in [0, 0.05) is 26.0 Å². The largest absolute Gasteiger partial charge is 0.478 e. The van der Waals surface area contributed by atoms with E-state index in [0.717, 1.165) is 38.5 Å². The summed E-state index contributed by atoms with van der Waals surface area (Å²) in [5.41, 5.74) is 3.25. The average molecular weight is 504 g/mol. The minimum absolute atomic E-state index is 0. The van der Waals surface area contributed by atoms with Crippen LogP contribution in [0, 0.1) is 6.92 Å². The van der Waals surface area contributed by atoms with Gasteiger partial charge in [-0.3, -0.25) is 0 Å². The third-order valence-electron chi connectivity index (χ3n) is 4.61. The zero-order valence-electron chi connectivity index (χ0n) is 17.9. The van der Waals surface area contributed by atoms with E-state index in [0.29, 0.717) is 6.54 Å². The molecule has 0 saturated carbocycles. The van der Waals surface area contributed by atoms with Gasteiger partial charge in [-0.25, -0.2) is 19.7 Å². The minimum atomic E-state index is -0.924. The molecule has 4 rings (SSSR count). The van der Waals surface area contributed by atoms with Gasteiger partial charge in [-0.15, -0.1) is 24.8 Å². The van der Waals surface area contributed by atoms with Gasteiger partial charge in [0.2, 0.25) is 0 Å². The Labute approximate surface area is 208 Å². The summed E-state index contributed by atoms with van der Waals surface area (Å²) >= 11 is 1.55. The van der Waals surface area contributed by atoms with Crippen molar-refractivity contribution in [2.75, 3.05) is 17.3 Å². The van der Waals surface area contributed by atoms with Crippen LogP contribution in [-0.4, -0.2) is 33.1 Å². The lowest BCUT2D eigenvalue weighted by Crippen LogP contribution is -2.16. The quantitative estimate of drug-likeness (QED) is 0.327. The van der Waals surface area contributed by atoms with Crippen LogP contribution in [0.5, 0.6) is 0 Å². The number of carboxylic acids is 1. The predicted molar refractivity (Wildman–Crippen MR) is 138 cm³/mol. The first kappa shape index (κ1) is 26.1. The third-order valence-corrected chi connectivity index (χ3v) is 5.75. The van der Waals surface area contributed by atoms with Crippen LogP contribution in [0.1, 0.15) is 21.5 Å². The summed E-state index contributed by atoms with van der Waals surface area (Å²) in [6.45, 7) is 2.65. The SMILES string of the molecule is Cc1ccnc(Nc2cccc(-c3cnc(N(C)Cc4ccc(C(=O)O)cc4)s3)n2)c1.Cl.Cl. The Morgan fingerprint density at radius 3 is 2.52 bits per heavy atom. The van der Waals surface area contributed by atoms with Gasteiger partial charge in [-0.05, 0) is 54.4 Å². The second-order valence-corrected chi connectivity index (χ2v) is 8.13. The summed E-state index contributed by atoms with van der Waals surface area (Å²) in [6.07, 6.45) is 3.59. The van der Waals surface area contributed by atoms with Crippen LogP contribution in [0.4, 0.5) is 16.8 Å². The van der Waals surface area contributed by atoms with E-state index in [1.807, 2.05) is 67.5 Å². The highest BCUT2D eigenvalue weighted by Crippen LogP contribution is 2.31. The van der Waals surface area contributed by atoms with Gasteiger partial charge >= 0.3 is 5.97 Å². The molecule has 2 N–H and O–H groups in total. The Morgan fingerprint density at radius 2 is 1.82 bits per heavy atom. The Balaban J connectivity index is 0.00000193. The number of aromatic carboxylic acids is 1. The Bertz CT molecular complexity index is 1220. The monoisotopic (exact) mass is 503 g/mol. The fraction of sp³-hybridized carbons (Fsp3) is 0.130. The zero-order chi connectivity index (χ0) is 21.8. The molecule has 0 aliphatic carbocycles. The number of rotatable bonds is 7. The highest BCUT2D eigenvalue weighted by Gasteiger charge is 2.11. The molecule has 0 saturated heterocycles. The standard InChI is InChI=1S/C23H21N5O2S.2ClH/c1-15-10-11-24-21(12-15)27-20-5-3-4-18(26-20)19-13-25-23(31-19)28(2)14-16-6-8-17(9-7-16)22(29)30;;/h3-13H,14H2,1-2H3,(H,29,30)(H,24,26,27);2*1H. The summed E-state index contributed by atoms with van der Waals surface area (Å²) in [5, 5.41) is 13.1. The van der Waals surface area contributed by atoms with Gasteiger partial charge in [0.15, 0.2) is 5.13 Å². The number of thiazole rings is 1. The Hall–Kier alpha value is -3.20. The first-order valence-corrected chi connectivity index (χ1v) is 10.5. The topological polar surface area (TPSA) is 91.2 Å². The molecule has 0 radical (unpaired) electrons. The second-order valence-electron chi connectivity index (χ2n) is 7.12. The number of nitrogens with zero attached hydrogens (tertiary/aromatic N) is 4. The van der Waals surface area contributed by atoms with Crippen molar-refractivity contribution < 1.29 is 9.90 Å². The fourth-order valence-electron chi connectivity index (χ4n) is 3.03. The van der Waals surface area contributed by atoms with Gasteiger partial charge in [0.25, 0.3) is 0 Å². The van der Waals surface area contributed by atoms with Crippen LogP contribution in [0.3, 0.4) is 0 Å². The van der Waals surface area contributed by atoms with E-state index in [-0.39, 0.29) is 30.4 Å². The van der Waals surface area contributed by atoms with Crippen LogP contribution in [-0.2, 0) is 6.54 Å². The van der Waals surface area contributed by atoms with Crippen LogP contribution in [0.15, 0.2) is 67.0 Å². The number of pyridine rings is 2. The van der Waals surface area contributed by atoms with Gasteiger partial charge in [-0.1, -0.05) is 29.5 Å². The molecule has 0 bridgehead atoms. The lowest BCUT2D eigenvalue weighted by molar-refractivity contribution is 0.0697. The predicted octanol–water partition coefficient (Wildman–Crippen LogP) is 5.83. The van der Waals surface area contributed by atoms with E-state index < -0.39 is 5.97 Å². The van der Waals surface area contributed by atoms with Crippen LogP contribution < -0.4 is 10.2 Å². The molecular formula is C23H23Cl2N5O2S. The average Bonchev–Trinajstić information content (AvgIpc) is 3.25. The number of anilines is 3. The molecule has 33 heavy (non-hydrogen) atoms. The molecule has 0 aliphatic heterocycles. The van der Waals surface area contributed by atoms with Gasteiger partial charge < -0.3 is 15.3 Å². The normalized spacial score (nSPS) is 10.0. The van der Waals surface area contributed by atoms with E-state index >= 15 is 0 Å². The molecule has 7 nitrogen and oxygen atoms in total. The minimum Gasteiger partial charge on any atom is -0.478 e. The van der Waals surface area contributed by atoms with Crippen molar-refractivity contribution in [3.05, 3.63) is 83.7 Å². The number of hydrogen-bond acceptors (Lipinski definition) is 7. The van der Waals surface area contributed by atoms with Gasteiger partial charge in [0.1, 0.15) is 11.6 Å². The summed E-state index contributed by atoms with van der Waals surface area (Å²) in [7, 11) is 1.96. The van der Waals surface area contributed by atoms with E-state index in [9.17, 15) is 4.79 Å². The summed E-state index contributed by atoms with van der Waals surface area (Å²) in [4.78, 5) is 27.5. The fourth-order valence-corrected chi connectivity index (χ4v) is 3.88. The summed E-state index contributed by atoms with van der Waals surface area (Å²) in [6, 6.07) is 16.6. The molecule has 0 atom stereocenters. The van der Waals surface area contributed by atoms with E-state index in [2.05, 4.69) is 15.3 Å². The summed E-state index contributed by atoms with van der Waals surface area (Å²) in [5.74, 6) is 0.549. The first-order valence-electron chi connectivity index (χ1n) is 9.64. The molecule has 0 unspecified atom stereocenters. The molecule has 3 aromatic heterocycles. The smallest absolute Gasteiger partial charge is 0.335 e. The molecule has 0 aliphatic rings. The molecule has 172 valence electrons. The molecule has 0 fully saturated rings. The maximum Gasteiger partial charge on any atom is 0.335 e. The van der Waals surface area contributed by atoms with Crippen molar-refractivity contribution >= 4 is 58.9 Å². The molecule has 0 spiro atoms. The van der Waals surface area contributed by atoms with Crippen molar-refractivity contribution in [3.8, 4) is 10.6 Å². The maximum atomic E-state index is 11.0. The number of hydrogen-bond donors (Lipinski definition) is 2. The van der Waals surface area contributed by atoms with Crippen molar-refractivity contribution in [1.82, 2.24) is 15.0 Å². The Morgan fingerprint density at radius 1 is 1.06 bits per heavy atom. The lowest BCUT2D eigenvalue weighted by atomic mass is 10.1. The van der Waals surface area contributed by atoms with E-state index in [1.54, 1.807) is 29.7 Å². The molecule has 10 heteroatoms. The maximum absolute atomic E-state index is 11.0. The zero-order valence-corrected chi connectivity index (χ0v) is 20.4. The number of nitrogens with one attached hydrogen (secondary N) is 1. The third kappa shape index (κ3) is 6.64. The van der Waals surface area contributed by atoms with Crippen LogP contribution in [0.25, 0.3) is 10.6 Å². The molecule has 0 amide bonds. The van der Waals surface area contributed by atoms with Crippen LogP contribution in [0.2, 0.25) is 0 Å². The lowest BCUT2D eigenvalue weighted by Gasteiger charge is -2.15. The van der Waals surface area contributed by atoms with Gasteiger partial charge in [-0.2, -0.15) is 0 Å². The molecule has 1 aromatic carbocycles. The summed E-state index contributed by atoms with van der Waals surface area (Å²) < 4.78 is 0. The second kappa shape index (κ2) is 11.6. The highest BCUT2D eigenvalue weighted by molar-refractivity contribution is 7.18. The first-order chi connectivity index (χ1) is 15.0. The Kier molecular flexibility index (Phi) is 9.16. The van der Waals surface area contributed by atoms with Crippen LogP contribution >= 0.6 is 36.2 Å². The molecular weight excluding hydrogens is 481 g/mol.